The summed E-state index contributed by atoms with van der Waals surface area (Å²) < 4.78 is 22.6. The molecule has 0 aliphatic carbocycles. The van der Waals surface area contributed by atoms with Crippen molar-refractivity contribution in [2.24, 2.45) is 0 Å². The van der Waals surface area contributed by atoms with Gasteiger partial charge in [-0.05, 0) is 38.0 Å². The summed E-state index contributed by atoms with van der Waals surface area (Å²) in [7, 11) is 1.64. The molecule has 26 heavy (non-hydrogen) atoms. The average Bonchev–Trinajstić information content (AvgIpc) is 3.20. The maximum Gasteiger partial charge on any atom is 0.275 e. The number of halogens is 1. The van der Waals surface area contributed by atoms with Crippen molar-refractivity contribution in [3.8, 4) is 0 Å². The molecule has 0 fully saturated rings. The first-order valence-electron chi connectivity index (χ1n) is 8.33. The van der Waals surface area contributed by atoms with E-state index in [1.54, 1.807) is 38.7 Å². The maximum absolute atomic E-state index is 14.5. The van der Waals surface area contributed by atoms with E-state index >= 15 is 0 Å². The van der Waals surface area contributed by atoms with E-state index in [4.69, 9.17) is 4.74 Å². The van der Waals surface area contributed by atoms with Crippen molar-refractivity contribution in [2.75, 3.05) is 13.7 Å². The molecular weight excluding hydrogens is 339 g/mol. The van der Waals surface area contributed by atoms with Crippen LogP contribution in [0.1, 0.15) is 41.3 Å². The molecule has 138 valence electrons. The van der Waals surface area contributed by atoms with Crippen LogP contribution < -0.4 is 5.32 Å². The summed E-state index contributed by atoms with van der Waals surface area (Å²) in [5.74, 6) is -0.691. The zero-order valence-electron chi connectivity index (χ0n) is 14.9. The molecule has 1 amide bonds. The van der Waals surface area contributed by atoms with Gasteiger partial charge in [-0.25, -0.2) is 4.98 Å². The number of nitrogens with one attached hydrogen (secondary N) is 1. The van der Waals surface area contributed by atoms with Gasteiger partial charge in [-0.2, -0.15) is 4.39 Å². The number of imidazole rings is 1. The molecule has 0 aliphatic rings. The lowest BCUT2D eigenvalue weighted by Crippen LogP contribution is -2.29. The van der Waals surface area contributed by atoms with E-state index in [0.29, 0.717) is 24.6 Å². The van der Waals surface area contributed by atoms with Crippen molar-refractivity contribution >= 4 is 11.6 Å². The number of hydrogen-bond donors (Lipinski definition) is 1. The second-order valence-electron chi connectivity index (χ2n) is 6.11. The second kappa shape index (κ2) is 7.61. The number of aryl methyl sites for hydroxylation is 2. The van der Waals surface area contributed by atoms with Crippen molar-refractivity contribution in [2.45, 2.75) is 32.9 Å². The molecule has 1 atom stereocenters. The first-order chi connectivity index (χ1) is 12.5. The van der Waals surface area contributed by atoms with Crippen molar-refractivity contribution in [1.29, 1.82) is 0 Å². The van der Waals surface area contributed by atoms with Crippen LogP contribution in [0, 0.1) is 12.9 Å². The Morgan fingerprint density at radius 1 is 1.46 bits per heavy atom. The highest BCUT2D eigenvalue weighted by molar-refractivity contribution is 5.93. The number of nitrogens with zero attached hydrogens (tertiary/aromatic N) is 5. The number of rotatable bonds is 7. The fourth-order valence-corrected chi connectivity index (χ4v) is 2.74. The number of ether oxygens (including phenoxy) is 1. The SMILES string of the molecule is COCCCn1cnnc1[C@H](C)NC(=O)c1nc2cc(C)ccn2c1F. The Labute approximate surface area is 150 Å². The Morgan fingerprint density at radius 2 is 2.27 bits per heavy atom. The van der Waals surface area contributed by atoms with Crippen molar-refractivity contribution in [1.82, 2.24) is 29.5 Å². The van der Waals surface area contributed by atoms with Crippen molar-refractivity contribution < 1.29 is 13.9 Å². The van der Waals surface area contributed by atoms with Crippen molar-refractivity contribution in [3.63, 3.8) is 0 Å². The number of methoxy groups -OCH3 is 1. The van der Waals surface area contributed by atoms with Gasteiger partial charge >= 0.3 is 0 Å². The van der Waals surface area contributed by atoms with Gasteiger partial charge < -0.3 is 14.6 Å². The molecule has 0 saturated carbocycles. The van der Waals surface area contributed by atoms with Gasteiger partial charge in [0.25, 0.3) is 5.91 Å². The molecule has 0 spiro atoms. The van der Waals surface area contributed by atoms with Gasteiger partial charge in [0, 0.05) is 26.5 Å². The summed E-state index contributed by atoms with van der Waals surface area (Å²) in [5.41, 5.74) is 1.09. The summed E-state index contributed by atoms with van der Waals surface area (Å²) in [6.07, 6.45) is 3.95. The smallest absolute Gasteiger partial charge is 0.275 e. The number of hydrogen-bond acceptors (Lipinski definition) is 5. The molecule has 3 aromatic heterocycles. The van der Waals surface area contributed by atoms with Gasteiger partial charge in [-0.1, -0.05) is 0 Å². The Bertz CT molecular complexity index is 919. The molecule has 3 heterocycles. The first kappa shape index (κ1) is 18.0. The third kappa shape index (κ3) is 3.57. The molecule has 0 aliphatic heterocycles. The van der Waals surface area contributed by atoms with Gasteiger partial charge in [0.15, 0.2) is 11.5 Å². The summed E-state index contributed by atoms with van der Waals surface area (Å²) in [5, 5.41) is 10.7. The van der Waals surface area contributed by atoms with Crippen LogP contribution in [0.2, 0.25) is 0 Å². The van der Waals surface area contributed by atoms with Crippen molar-refractivity contribution in [3.05, 3.63) is 47.7 Å². The fraction of sp³-hybridized carbons (Fsp3) is 0.412. The molecule has 1 N–H and O–H groups in total. The number of carbonyl (C=O) groups excluding carboxylic acids is 1. The third-order valence-corrected chi connectivity index (χ3v) is 4.07. The van der Waals surface area contributed by atoms with E-state index in [-0.39, 0.29) is 5.69 Å². The zero-order chi connectivity index (χ0) is 18.7. The predicted octanol–water partition coefficient (Wildman–Crippen LogP) is 1.90. The molecule has 3 aromatic rings. The largest absolute Gasteiger partial charge is 0.385 e. The van der Waals surface area contributed by atoms with Gasteiger partial charge in [-0.3, -0.25) is 9.20 Å². The molecule has 0 bridgehead atoms. The van der Waals surface area contributed by atoms with E-state index in [1.165, 1.54) is 4.40 Å². The van der Waals surface area contributed by atoms with Crippen LogP contribution >= 0.6 is 0 Å². The van der Waals surface area contributed by atoms with Crippen LogP contribution in [0.5, 0.6) is 0 Å². The van der Waals surface area contributed by atoms with Crippen LogP contribution in [0.4, 0.5) is 4.39 Å². The maximum atomic E-state index is 14.5. The average molecular weight is 360 g/mol. The summed E-state index contributed by atoms with van der Waals surface area (Å²) in [6, 6.07) is 3.03. The Kier molecular flexibility index (Phi) is 5.27. The van der Waals surface area contributed by atoms with E-state index in [9.17, 15) is 9.18 Å². The lowest BCUT2D eigenvalue weighted by molar-refractivity contribution is 0.0928. The highest BCUT2D eigenvalue weighted by Gasteiger charge is 2.23. The summed E-state index contributed by atoms with van der Waals surface area (Å²) in [6.45, 7) is 4.93. The molecule has 0 saturated heterocycles. The van der Waals surface area contributed by atoms with Gasteiger partial charge in [0.2, 0.25) is 5.95 Å². The highest BCUT2D eigenvalue weighted by atomic mass is 19.1. The summed E-state index contributed by atoms with van der Waals surface area (Å²) in [4.78, 5) is 16.6. The lowest BCUT2D eigenvalue weighted by atomic mass is 10.3. The monoisotopic (exact) mass is 360 g/mol. The van der Waals surface area contributed by atoms with Crippen LogP contribution in [0.3, 0.4) is 0 Å². The fourth-order valence-electron chi connectivity index (χ4n) is 2.74. The molecular formula is C17H21FN6O2. The molecule has 8 nitrogen and oxygen atoms in total. The van der Waals surface area contributed by atoms with Gasteiger partial charge in [0.1, 0.15) is 12.0 Å². The standard InChI is InChI=1S/C17H21FN6O2/c1-11-5-7-24-13(9-11)21-14(15(24)18)17(25)20-12(2)16-22-19-10-23(16)6-4-8-26-3/h5,7,9-10,12H,4,6,8H2,1-3H3,(H,20,25)/t12-/m0/s1. The lowest BCUT2D eigenvalue weighted by Gasteiger charge is -2.14. The van der Waals surface area contributed by atoms with E-state index in [1.807, 2.05) is 11.5 Å². The topological polar surface area (TPSA) is 86.3 Å². The van der Waals surface area contributed by atoms with E-state index in [2.05, 4.69) is 20.5 Å². The first-order valence-corrected chi connectivity index (χ1v) is 8.33. The van der Waals surface area contributed by atoms with Crippen LogP contribution in [-0.4, -0.2) is 43.8 Å². The number of pyridine rings is 1. The molecule has 0 aromatic carbocycles. The quantitative estimate of drug-likeness (QED) is 0.651. The highest BCUT2D eigenvalue weighted by Crippen LogP contribution is 2.15. The second-order valence-corrected chi connectivity index (χ2v) is 6.11. The van der Waals surface area contributed by atoms with Crippen LogP contribution in [-0.2, 0) is 11.3 Å². The van der Waals surface area contributed by atoms with Crippen LogP contribution in [0.15, 0.2) is 24.7 Å². The number of fused-ring (bicyclic) bond motifs is 1. The van der Waals surface area contributed by atoms with E-state index in [0.717, 1.165) is 12.0 Å². The Balaban J connectivity index is 1.76. The molecule has 9 heteroatoms. The Hall–Kier alpha value is -2.81. The molecule has 0 radical (unpaired) electrons. The molecule has 3 rings (SSSR count). The minimum atomic E-state index is -0.689. The number of amides is 1. The van der Waals surface area contributed by atoms with Crippen LogP contribution in [0.25, 0.3) is 5.65 Å². The number of carbonyl (C=O) groups is 1. The normalized spacial score (nSPS) is 12.5. The predicted molar refractivity (Wildman–Crippen MR) is 92.3 cm³/mol. The zero-order valence-corrected chi connectivity index (χ0v) is 14.9. The summed E-state index contributed by atoms with van der Waals surface area (Å²) >= 11 is 0. The van der Waals surface area contributed by atoms with Gasteiger partial charge in [0.05, 0.1) is 6.04 Å². The minimum Gasteiger partial charge on any atom is -0.385 e. The minimum absolute atomic E-state index is 0.243. The molecule has 0 unspecified atom stereocenters. The Morgan fingerprint density at radius 3 is 3.04 bits per heavy atom. The van der Waals surface area contributed by atoms with E-state index < -0.39 is 17.9 Å². The number of aromatic nitrogens is 5. The van der Waals surface area contributed by atoms with Gasteiger partial charge in [-0.15, -0.1) is 10.2 Å². The third-order valence-electron chi connectivity index (χ3n) is 4.07.